The van der Waals surface area contributed by atoms with E-state index in [-0.39, 0.29) is 24.8 Å². The Bertz CT molecular complexity index is 1060. The van der Waals surface area contributed by atoms with Gasteiger partial charge in [0.1, 0.15) is 0 Å². The molecule has 2 N–H and O–H groups in total. The maximum Gasteiger partial charge on any atom is 0.253 e. The van der Waals surface area contributed by atoms with Gasteiger partial charge in [0.05, 0.1) is 23.2 Å². The third-order valence-corrected chi connectivity index (χ3v) is 6.31. The van der Waals surface area contributed by atoms with Crippen LogP contribution in [-0.4, -0.2) is 39.6 Å². The summed E-state index contributed by atoms with van der Waals surface area (Å²) >= 11 is 0. The van der Waals surface area contributed by atoms with Crippen LogP contribution in [0.1, 0.15) is 48.2 Å². The van der Waals surface area contributed by atoms with Crippen LogP contribution in [0.2, 0.25) is 0 Å². The fourth-order valence-electron chi connectivity index (χ4n) is 3.25. The zero-order chi connectivity index (χ0) is 23.9. The molecule has 0 saturated carbocycles. The smallest absolute Gasteiger partial charge is 0.253 e. The van der Waals surface area contributed by atoms with Gasteiger partial charge < -0.3 is 10.6 Å². The molecule has 2 aromatic rings. The predicted molar refractivity (Wildman–Crippen MR) is 130 cm³/mol. The molecule has 2 rings (SSSR count). The molecule has 0 aliphatic carbocycles. The topological polar surface area (TPSA) is 95.6 Å². The molecule has 0 fully saturated rings. The number of aryl methyl sites for hydroxylation is 1. The average molecular weight is 460 g/mol. The number of rotatable bonds is 10. The molecule has 7 nitrogen and oxygen atoms in total. The summed E-state index contributed by atoms with van der Waals surface area (Å²) < 4.78 is 26.1. The highest BCUT2D eigenvalue weighted by atomic mass is 32.2. The van der Waals surface area contributed by atoms with Crippen LogP contribution in [0.4, 0.5) is 11.4 Å². The van der Waals surface area contributed by atoms with E-state index >= 15 is 0 Å². The first kappa shape index (κ1) is 25.4. The van der Waals surface area contributed by atoms with Crippen LogP contribution < -0.4 is 14.9 Å². The molecule has 32 heavy (non-hydrogen) atoms. The van der Waals surface area contributed by atoms with Crippen molar-refractivity contribution in [1.29, 1.82) is 0 Å². The zero-order valence-electron chi connectivity index (χ0n) is 19.4. The highest BCUT2D eigenvalue weighted by Gasteiger charge is 2.20. The largest absolute Gasteiger partial charge is 0.352 e. The molecular weight excluding hydrogens is 426 g/mol. The van der Waals surface area contributed by atoms with Crippen molar-refractivity contribution in [3.05, 3.63) is 59.2 Å². The number of sulfonamides is 1. The lowest BCUT2D eigenvalue weighted by Crippen LogP contribution is -2.32. The molecule has 0 aliphatic heterocycles. The molecule has 0 spiro atoms. The Morgan fingerprint density at radius 2 is 1.72 bits per heavy atom. The van der Waals surface area contributed by atoms with E-state index in [2.05, 4.69) is 10.6 Å². The van der Waals surface area contributed by atoms with Crippen LogP contribution in [0.15, 0.2) is 42.5 Å². The van der Waals surface area contributed by atoms with Gasteiger partial charge in [-0.3, -0.25) is 13.9 Å². The van der Waals surface area contributed by atoms with E-state index in [1.807, 2.05) is 39.8 Å². The second-order valence-corrected chi connectivity index (χ2v) is 10.3. The minimum Gasteiger partial charge on any atom is -0.352 e. The standard InChI is InChI=1S/C24H33N3O4S/c1-17(2)16-25-24(29)20-11-6-7-12-21(20)26-23(28)14-9-15-27(32(5,30)31)22-13-8-10-18(3)19(22)4/h6-8,10-13,17H,9,14-16H2,1-5H3,(H,25,29)(H,26,28). The summed E-state index contributed by atoms with van der Waals surface area (Å²) in [6.45, 7) is 8.56. The Kier molecular flexibility index (Phi) is 8.83. The quantitative estimate of drug-likeness (QED) is 0.564. The van der Waals surface area contributed by atoms with Gasteiger partial charge in [-0.15, -0.1) is 0 Å². The highest BCUT2D eigenvalue weighted by molar-refractivity contribution is 7.92. The van der Waals surface area contributed by atoms with Gasteiger partial charge in [-0.25, -0.2) is 8.42 Å². The van der Waals surface area contributed by atoms with Crippen LogP contribution in [0.25, 0.3) is 0 Å². The van der Waals surface area contributed by atoms with Gasteiger partial charge in [0.15, 0.2) is 0 Å². The molecule has 174 valence electrons. The van der Waals surface area contributed by atoms with Crippen molar-refractivity contribution in [2.24, 2.45) is 5.92 Å². The fourth-order valence-corrected chi connectivity index (χ4v) is 4.26. The normalized spacial score (nSPS) is 11.3. The molecule has 0 bridgehead atoms. The van der Waals surface area contributed by atoms with Crippen molar-refractivity contribution in [1.82, 2.24) is 5.32 Å². The molecule has 0 radical (unpaired) electrons. The molecule has 0 saturated heterocycles. The van der Waals surface area contributed by atoms with E-state index in [1.165, 1.54) is 10.6 Å². The molecular formula is C24H33N3O4S. The number of nitrogens with one attached hydrogen (secondary N) is 2. The minimum absolute atomic E-state index is 0.124. The molecule has 0 atom stereocenters. The number of hydrogen-bond donors (Lipinski definition) is 2. The van der Waals surface area contributed by atoms with Gasteiger partial charge in [0.2, 0.25) is 15.9 Å². The molecule has 0 heterocycles. The van der Waals surface area contributed by atoms with Crippen LogP contribution in [0, 0.1) is 19.8 Å². The summed E-state index contributed by atoms with van der Waals surface area (Å²) in [6.07, 6.45) is 1.63. The van der Waals surface area contributed by atoms with E-state index < -0.39 is 10.0 Å². The first-order valence-corrected chi connectivity index (χ1v) is 12.6. The summed E-state index contributed by atoms with van der Waals surface area (Å²) in [4.78, 5) is 25.0. The van der Waals surface area contributed by atoms with Crippen LogP contribution >= 0.6 is 0 Å². The number of carbonyl (C=O) groups is 2. The Morgan fingerprint density at radius 3 is 2.38 bits per heavy atom. The van der Waals surface area contributed by atoms with Gasteiger partial charge in [-0.2, -0.15) is 0 Å². The Labute approximate surface area is 191 Å². The third-order valence-electron chi connectivity index (χ3n) is 5.13. The van der Waals surface area contributed by atoms with Crippen molar-refractivity contribution in [2.75, 3.05) is 29.0 Å². The summed E-state index contributed by atoms with van der Waals surface area (Å²) in [7, 11) is -3.50. The number of anilines is 2. The van der Waals surface area contributed by atoms with Crippen molar-refractivity contribution < 1.29 is 18.0 Å². The zero-order valence-corrected chi connectivity index (χ0v) is 20.3. The third kappa shape index (κ3) is 7.09. The maximum atomic E-state index is 12.5. The Morgan fingerprint density at radius 1 is 1.03 bits per heavy atom. The van der Waals surface area contributed by atoms with Gasteiger partial charge in [0.25, 0.3) is 5.91 Å². The van der Waals surface area contributed by atoms with E-state index in [4.69, 9.17) is 0 Å². The molecule has 8 heteroatoms. The van der Waals surface area contributed by atoms with Crippen molar-refractivity contribution >= 4 is 33.2 Å². The van der Waals surface area contributed by atoms with Gasteiger partial charge in [-0.05, 0) is 55.5 Å². The molecule has 0 aliphatic rings. The van der Waals surface area contributed by atoms with Gasteiger partial charge >= 0.3 is 0 Å². The number of hydrogen-bond acceptors (Lipinski definition) is 4. The second-order valence-electron chi connectivity index (χ2n) is 8.36. The van der Waals surface area contributed by atoms with E-state index in [0.717, 1.165) is 11.1 Å². The SMILES string of the molecule is Cc1cccc(N(CCCC(=O)Nc2ccccc2C(=O)NCC(C)C)S(C)(=O)=O)c1C. The van der Waals surface area contributed by atoms with Crippen molar-refractivity contribution in [2.45, 2.75) is 40.5 Å². The Balaban J connectivity index is 2.04. The van der Waals surface area contributed by atoms with Gasteiger partial charge in [-0.1, -0.05) is 38.1 Å². The molecule has 2 aromatic carbocycles. The van der Waals surface area contributed by atoms with Crippen LogP contribution in [0.3, 0.4) is 0 Å². The Hall–Kier alpha value is -2.87. The molecule has 2 amide bonds. The van der Waals surface area contributed by atoms with E-state index in [1.54, 1.807) is 30.3 Å². The fraction of sp³-hybridized carbons (Fsp3) is 0.417. The highest BCUT2D eigenvalue weighted by Crippen LogP contribution is 2.25. The van der Waals surface area contributed by atoms with Crippen LogP contribution in [-0.2, 0) is 14.8 Å². The number of amides is 2. The predicted octanol–water partition coefficient (Wildman–Crippen LogP) is 3.87. The van der Waals surface area contributed by atoms with Crippen molar-refractivity contribution in [3.8, 4) is 0 Å². The second kappa shape index (κ2) is 11.1. The van der Waals surface area contributed by atoms with E-state index in [0.29, 0.717) is 35.8 Å². The van der Waals surface area contributed by atoms with Gasteiger partial charge in [0, 0.05) is 19.5 Å². The lowest BCUT2D eigenvalue weighted by Gasteiger charge is -2.25. The van der Waals surface area contributed by atoms with Crippen molar-refractivity contribution in [3.63, 3.8) is 0 Å². The molecule has 0 unspecified atom stereocenters. The summed E-state index contributed by atoms with van der Waals surface area (Å²) in [5.74, 6) is -0.202. The number of nitrogens with zero attached hydrogens (tertiary/aromatic N) is 1. The number of carbonyl (C=O) groups excluding carboxylic acids is 2. The van der Waals surface area contributed by atoms with E-state index in [9.17, 15) is 18.0 Å². The maximum absolute atomic E-state index is 12.5. The number of para-hydroxylation sites is 1. The van der Waals surface area contributed by atoms with Crippen LogP contribution in [0.5, 0.6) is 0 Å². The average Bonchev–Trinajstić information content (AvgIpc) is 2.71. The summed E-state index contributed by atoms with van der Waals surface area (Å²) in [6, 6.07) is 12.4. The first-order valence-electron chi connectivity index (χ1n) is 10.7. The monoisotopic (exact) mass is 459 g/mol. The molecule has 0 aromatic heterocycles. The summed E-state index contributed by atoms with van der Waals surface area (Å²) in [5, 5.41) is 5.64. The number of benzene rings is 2. The first-order chi connectivity index (χ1) is 15.0. The summed E-state index contributed by atoms with van der Waals surface area (Å²) in [5.41, 5.74) is 3.35. The lowest BCUT2D eigenvalue weighted by molar-refractivity contribution is -0.116. The lowest BCUT2D eigenvalue weighted by atomic mass is 10.1. The minimum atomic E-state index is -3.50.